The van der Waals surface area contributed by atoms with E-state index in [9.17, 15) is 13.9 Å². The third-order valence-corrected chi connectivity index (χ3v) is 6.36. The van der Waals surface area contributed by atoms with E-state index in [0.29, 0.717) is 22.0 Å². The molecule has 172 valence electrons. The molecule has 34 heavy (non-hydrogen) atoms. The number of methoxy groups -OCH3 is 1. The maximum Gasteiger partial charge on any atom is 0.387 e. The van der Waals surface area contributed by atoms with Gasteiger partial charge in [-0.3, -0.25) is 4.98 Å². The zero-order chi connectivity index (χ0) is 23.7. The molecule has 6 nitrogen and oxygen atoms in total. The van der Waals surface area contributed by atoms with E-state index in [4.69, 9.17) is 4.74 Å². The minimum Gasteiger partial charge on any atom is -0.505 e. The highest BCUT2D eigenvalue weighted by atomic mass is 32.1. The number of phenols is 1. The summed E-state index contributed by atoms with van der Waals surface area (Å²) in [6, 6.07) is 18.8. The molecule has 0 bridgehead atoms. The first-order valence-corrected chi connectivity index (χ1v) is 11.2. The number of anilines is 1. The van der Waals surface area contributed by atoms with Crippen molar-refractivity contribution in [3.63, 3.8) is 0 Å². The lowest BCUT2D eigenvalue weighted by Crippen LogP contribution is -2.13. The Balaban J connectivity index is 1.58. The molecule has 0 amide bonds. The number of rotatable bonds is 7. The van der Waals surface area contributed by atoms with Crippen LogP contribution in [0.15, 0.2) is 72.9 Å². The molecule has 0 fully saturated rings. The molecule has 0 aliphatic heterocycles. The van der Waals surface area contributed by atoms with Crippen LogP contribution in [0.5, 0.6) is 17.2 Å². The minimum absolute atomic E-state index is 0.0336. The number of fused-ring (bicyclic) bond motifs is 2. The number of alkyl halides is 2. The van der Waals surface area contributed by atoms with Gasteiger partial charge in [-0.25, -0.2) is 4.98 Å². The Bertz CT molecular complexity index is 1460. The normalized spacial score (nSPS) is 12.2. The van der Waals surface area contributed by atoms with Crippen LogP contribution >= 0.6 is 11.3 Å². The number of benzene rings is 3. The summed E-state index contributed by atoms with van der Waals surface area (Å²) in [4.78, 5) is 8.98. The molecule has 0 saturated carbocycles. The Labute approximate surface area is 197 Å². The van der Waals surface area contributed by atoms with Crippen molar-refractivity contribution >= 4 is 37.6 Å². The van der Waals surface area contributed by atoms with Gasteiger partial charge in [-0.1, -0.05) is 41.7 Å². The summed E-state index contributed by atoms with van der Waals surface area (Å²) >= 11 is 1.46. The summed E-state index contributed by atoms with van der Waals surface area (Å²) in [6.07, 6.45) is 1.62. The Morgan fingerprint density at radius 2 is 1.79 bits per heavy atom. The van der Waals surface area contributed by atoms with Crippen LogP contribution in [-0.2, 0) is 0 Å². The highest BCUT2D eigenvalue weighted by Gasteiger charge is 2.22. The highest BCUT2D eigenvalue weighted by Crippen LogP contribution is 2.38. The number of aromatic hydroxyl groups is 1. The largest absolute Gasteiger partial charge is 0.505 e. The summed E-state index contributed by atoms with van der Waals surface area (Å²) in [6.45, 7) is -2.91. The van der Waals surface area contributed by atoms with Crippen LogP contribution in [0.3, 0.4) is 0 Å². The monoisotopic (exact) mass is 479 g/mol. The fourth-order valence-corrected chi connectivity index (χ4v) is 4.65. The first-order chi connectivity index (χ1) is 16.5. The molecular weight excluding hydrogens is 460 g/mol. The van der Waals surface area contributed by atoms with E-state index in [0.717, 1.165) is 21.2 Å². The van der Waals surface area contributed by atoms with Crippen molar-refractivity contribution in [3.8, 4) is 17.2 Å². The number of nitrogens with one attached hydrogen (secondary N) is 1. The molecule has 0 spiro atoms. The quantitative estimate of drug-likeness (QED) is 0.283. The van der Waals surface area contributed by atoms with Crippen molar-refractivity contribution in [2.24, 2.45) is 0 Å². The molecule has 5 rings (SSSR count). The van der Waals surface area contributed by atoms with Crippen LogP contribution in [-0.4, -0.2) is 28.8 Å². The number of hydrogen-bond donors (Lipinski definition) is 2. The van der Waals surface area contributed by atoms with Gasteiger partial charge in [0.15, 0.2) is 5.13 Å². The predicted molar refractivity (Wildman–Crippen MR) is 128 cm³/mol. The van der Waals surface area contributed by atoms with Crippen molar-refractivity contribution in [2.75, 3.05) is 12.4 Å². The van der Waals surface area contributed by atoms with Crippen molar-refractivity contribution in [1.29, 1.82) is 0 Å². The lowest BCUT2D eigenvalue weighted by molar-refractivity contribution is -0.0498. The molecule has 2 heterocycles. The number of thiazole rings is 1. The molecule has 3 aromatic carbocycles. The fraction of sp³-hybridized carbons (Fsp3) is 0.120. The average Bonchev–Trinajstić information content (AvgIpc) is 3.25. The zero-order valence-corrected chi connectivity index (χ0v) is 18.7. The standard InChI is InChI=1S/C25H19F2N3O3S/c1-32-17-9-11-20-19(13-17)29-25(34-20)30-21(15-4-7-16(8-5-15)33-24(26)27)18-10-6-14-3-2-12-28-22(14)23(18)31/h2-13,21,24,31H,1H3,(H,29,30). The Morgan fingerprint density at radius 1 is 1.00 bits per heavy atom. The van der Waals surface area contributed by atoms with E-state index in [-0.39, 0.29) is 11.5 Å². The van der Waals surface area contributed by atoms with Gasteiger partial charge in [-0.05, 0) is 35.9 Å². The summed E-state index contributed by atoms with van der Waals surface area (Å²) in [5, 5.41) is 15.9. The topological polar surface area (TPSA) is 76.5 Å². The number of halogens is 2. The second-order valence-corrected chi connectivity index (χ2v) is 8.49. The van der Waals surface area contributed by atoms with E-state index in [1.165, 1.54) is 23.5 Å². The van der Waals surface area contributed by atoms with Gasteiger partial charge in [0.25, 0.3) is 0 Å². The smallest absolute Gasteiger partial charge is 0.387 e. The fourth-order valence-electron chi connectivity index (χ4n) is 3.78. The lowest BCUT2D eigenvalue weighted by Gasteiger charge is -2.21. The van der Waals surface area contributed by atoms with Crippen molar-refractivity contribution in [3.05, 3.63) is 84.1 Å². The average molecular weight is 480 g/mol. The Kier molecular flexibility index (Phi) is 5.85. The maximum absolute atomic E-state index is 12.6. The van der Waals surface area contributed by atoms with Crippen molar-refractivity contribution in [2.45, 2.75) is 12.7 Å². The SMILES string of the molecule is COc1ccc2sc(NC(c3ccc(OC(F)F)cc3)c3ccc4cccnc4c3O)nc2c1. The maximum atomic E-state index is 12.6. The summed E-state index contributed by atoms with van der Waals surface area (Å²) in [7, 11) is 1.60. The van der Waals surface area contributed by atoms with E-state index in [1.54, 1.807) is 31.5 Å². The molecule has 0 saturated heterocycles. The third kappa shape index (κ3) is 4.29. The third-order valence-electron chi connectivity index (χ3n) is 5.39. The Hall–Kier alpha value is -3.98. The van der Waals surface area contributed by atoms with Crippen LogP contribution in [0.2, 0.25) is 0 Å². The minimum atomic E-state index is -2.91. The van der Waals surface area contributed by atoms with Crippen molar-refractivity contribution < 1.29 is 23.4 Å². The number of phenolic OH excluding ortho intramolecular Hbond substituents is 1. The number of hydrogen-bond acceptors (Lipinski definition) is 7. The van der Waals surface area contributed by atoms with Gasteiger partial charge in [0.05, 0.1) is 23.4 Å². The first kappa shape index (κ1) is 21.8. The Morgan fingerprint density at radius 3 is 2.56 bits per heavy atom. The van der Waals surface area contributed by atoms with Crippen LogP contribution in [0.25, 0.3) is 21.1 Å². The van der Waals surface area contributed by atoms with E-state index in [1.807, 2.05) is 36.4 Å². The van der Waals surface area contributed by atoms with Gasteiger partial charge >= 0.3 is 6.61 Å². The predicted octanol–water partition coefficient (Wildman–Crippen LogP) is 6.36. The number of nitrogens with zero attached hydrogens (tertiary/aromatic N) is 2. The van der Waals surface area contributed by atoms with Gasteiger partial charge in [-0.15, -0.1) is 0 Å². The second-order valence-electron chi connectivity index (χ2n) is 7.46. The molecule has 0 aliphatic carbocycles. The molecule has 0 aliphatic rings. The molecule has 5 aromatic rings. The summed E-state index contributed by atoms with van der Waals surface area (Å²) < 4.78 is 35.9. The molecule has 1 atom stereocenters. The number of ether oxygens (including phenoxy) is 2. The first-order valence-electron chi connectivity index (χ1n) is 10.3. The summed E-state index contributed by atoms with van der Waals surface area (Å²) in [5.74, 6) is 0.786. The van der Waals surface area contributed by atoms with Gasteiger partial charge in [-0.2, -0.15) is 8.78 Å². The van der Waals surface area contributed by atoms with E-state index in [2.05, 4.69) is 20.0 Å². The zero-order valence-electron chi connectivity index (χ0n) is 17.9. The van der Waals surface area contributed by atoms with E-state index >= 15 is 0 Å². The van der Waals surface area contributed by atoms with Gasteiger partial charge in [0.2, 0.25) is 0 Å². The van der Waals surface area contributed by atoms with Gasteiger partial charge in [0.1, 0.15) is 22.8 Å². The second kappa shape index (κ2) is 9.11. The molecule has 9 heteroatoms. The molecule has 2 N–H and O–H groups in total. The number of aromatic nitrogens is 2. The molecular formula is C25H19F2N3O3S. The van der Waals surface area contributed by atoms with Gasteiger partial charge < -0.3 is 19.9 Å². The summed E-state index contributed by atoms with van der Waals surface area (Å²) in [5.41, 5.74) is 2.55. The lowest BCUT2D eigenvalue weighted by atomic mass is 9.96. The van der Waals surface area contributed by atoms with Crippen LogP contribution in [0.4, 0.5) is 13.9 Å². The molecule has 2 aromatic heterocycles. The highest BCUT2D eigenvalue weighted by molar-refractivity contribution is 7.22. The number of pyridine rings is 1. The van der Waals surface area contributed by atoms with Crippen LogP contribution in [0, 0.1) is 0 Å². The van der Waals surface area contributed by atoms with E-state index < -0.39 is 12.7 Å². The van der Waals surface area contributed by atoms with Crippen molar-refractivity contribution in [1.82, 2.24) is 9.97 Å². The van der Waals surface area contributed by atoms with Crippen LogP contribution in [0.1, 0.15) is 17.2 Å². The molecule has 0 radical (unpaired) electrons. The van der Waals surface area contributed by atoms with Gasteiger partial charge in [0, 0.05) is 23.2 Å². The van der Waals surface area contributed by atoms with Crippen LogP contribution < -0.4 is 14.8 Å². The molecule has 1 unspecified atom stereocenters.